The Hall–Kier alpha value is -5.25. The topological polar surface area (TPSA) is 195 Å². The van der Waals surface area contributed by atoms with E-state index in [1.54, 1.807) is 14.0 Å². The van der Waals surface area contributed by atoms with E-state index in [0.717, 1.165) is 59.3 Å². The van der Waals surface area contributed by atoms with Crippen LogP contribution in [0.1, 0.15) is 79.1 Å². The Labute approximate surface area is 339 Å². The van der Waals surface area contributed by atoms with Crippen molar-refractivity contribution in [2.24, 2.45) is 17.1 Å². The van der Waals surface area contributed by atoms with E-state index in [1.807, 2.05) is 85.0 Å². The largest absolute Gasteiger partial charge is 0.497 e. The third-order valence-corrected chi connectivity index (χ3v) is 13.5. The van der Waals surface area contributed by atoms with Gasteiger partial charge in [-0.2, -0.15) is 0 Å². The van der Waals surface area contributed by atoms with Gasteiger partial charge >= 0.3 is 6.09 Å². The number of fused-ring (bicyclic) bond motifs is 1. The molecule has 2 heterocycles. The molecule has 3 aliphatic carbocycles. The summed E-state index contributed by atoms with van der Waals surface area (Å²) in [6.07, 6.45) is 6.87. The molecular weight excluding hydrogens is 765 g/mol. The molecular formula is C42H54N6O9S. The van der Waals surface area contributed by atoms with Crippen LogP contribution in [0.5, 0.6) is 11.5 Å². The molecule has 4 fully saturated rings. The first-order valence-corrected chi connectivity index (χ1v) is 21.3. The fourth-order valence-electron chi connectivity index (χ4n) is 7.54. The van der Waals surface area contributed by atoms with Crippen molar-refractivity contribution in [2.45, 2.75) is 107 Å². The number of nitrogens with zero attached hydrogens (tertiary/aromatic N) is 3. The zero-order valence-electron chi connectivity index (χ0n) is 33.8. The van der Waals surface area contributed by atoms with E-state index >= 15 is 0 Å². The van der Waals surface area contributed by atoms with E-state index in [-0.39, 0.29) is 23.8 Å². The molecule has 2 aromatic carbocycles. The average Bonchev–Trinajstić information content (AvgIpc) is 3.94. The Morgan fingerprint density at radius 3 is 2.36 bits per heavy atom. The summed E-state index contributed by atoms with van der Waals surface area (Å²) in [5, 5.41) is 6.29. The van der Waals surface area contributed by atoms with Crippen LogP contribution in [0.4, 0.5) is 4.79 Å². The van der Waals surface area contributed by atoms with Crippen molar-refractivity contribution in [1.82, 2.24) is 25.3 Å². The standard InChI is InChI=1S/C32H39N3O5.C10H15N3O4S/c1-32(2,3)40-31(37)34-29(22-12-8-9-13-22)30(36)35-17-16-24(20-35)39-28-19-26(21-10-6-5-7-11-21)33-27-18-23(38-4)14-15-25(27)28;1-3-7-6-10(7,12-13-15)8(14)11-18(16,17)9(2)4-5-9/h5-7,10-11,14-15,18-19,22,24,29H,8-9,12-13,16-17,20H2,1-4H3,(H,34,37);3,7H,1,4-6H2,2H3,(H,11,14)(H,12,15)/t24?,29-;7?,10-/m01/s1. The number of benzene rings is 2. The number of alkyl carbamates (subject to hydrolysis) is 1. The smallest absolute Gasteiger partial charge is 0.408 e. The number of hydrogen-bond acceptors (Lipinski definition) is 11. The third kappa shape index (κ3) is 9.54. The van der Waals surface area contributed by atoms with Gasteiger partial charge in [-0.05, 0) is 77.8 Å². The van der Waals surface area contributed by atoms with Crippen LogP contribution in [0.3, 0.4) is 0 Å². The molecule has 16 heteroatoms. The van der Waals surface area contributed by atoms with Crippen LogP contribution in [0.2, 0.25) is 0 Å². The monoisotopic (exact) mass is 818 g/mol. The number of carbonyl (C=O) groups excluding carboxylic acids is 3. The molecule has 3 amide bonds. The van der Waals surface area contributed by atoms with Crippen LogP contribution in [-0.2, 0) is 24.3 Å². The Kier molecular flexibility index (Phi) is 12.4. The van der Waals surface area contributed by atoms with E-state index in [4.69, 9.17) is 19.2 Å². The van der Waals surface area contributed by atoms with E-state index < -0.39 is 44.0 Å². The van der Waals surface area contributed by atoms with Gasteiger partial charge in [-0.25, -0.2) is 18.2 Å². The number of pyridine rings is 1. The highest BCUT2D eigenvalue weighted by Gasteiger charge is 2.62. The first-order valence-electron chi connectivity index (χ1n) is 19.8. The summed E-state index contributed by atoms with van der Waals surface area (Å²) in [5.41, 5.74) is 2.86. The molecule has 3 aromatic rings. The molecule has 1 aliphatic heterocycles. The molecule has 1 saturated heterocycles. The van der Waals surface area contributed by atoms with Crippen LogP contribution in [0.25, 0.3) is 22.2 Å². The van der Waals surface area contributed by atoms with Crippen LogP contribution < -0.4 is 24.9 Å². The quantitative estimate of drug-likeness (QED) is 0.101. The number of hydrogen-bond donors (Lipinski definition) is 3. The molecule has 3 N–H and O–H groups in total. The van der Waals surface area contributed by atoms with Crippen LogP contribution in [0, 0.1) is 16.7 Å². The van der Waals surface area contributed by atoms with Gasteiger partial charge < -0.3 is 24.4 Å². The minimum Gasteiger partial charge on any atom is -0.497 e. The van der Waals surface area contributed by atoms with Gasteiger partial charge in [-0.15, -0.1) is 11.5 Å². The molecule has 0 radical (unpaired) electrons. The summed E-state index contributed by atoms with van der Waals surface area (Å²) in [4.78, 5) is 55.3. The highest BCUT2D eigenvalue weighted by atomic mass is 32.2. The number of carbonyl (C=O) groups is 3. The molecule has 0 bridgehead atoms. The number of likely N-dealkylation sites (tertiary alicyclic amines) is 1. The number of methoxy groups -OCH3 is 1. The summed E-state index contributed by atoms with van der Waals surface area (Å²) in [6, 6.07) is 17.2. The van der Waals surface area contributed by atoms with E-state index in [1.165, 1.54) is 6.08 Å². The number of rotatable bonds is 13. The highest BCUT2D eigenvalue weighted by molar-refractivity contribution is 7.91. The Morgan fingerprint density at radius 2 is 1.76 bits per heavy atom. The van der Waals surface area contributed by atoms with Gasteiger partial charge in [0.1, 0.15) is 34.8 Å². The molecule has 15 nitrogen and oxygen atoms in total. The lowest BCUT2D eigenvalue weighted by molar-refractivity contribution is -0.134. The first kappa shape index (κ1) is 42.4. The van der Waals surface area contributed by atoms with E-state index in [9.17, 15) is 27.7 Å². The number of sulfonamides is 1. The summed E-state index contributed by atoms with van der Waals surface area (Å²) >= 11 is 0. The second kappa shape index (κ2) is 16.9. The van der Waals surface area contributed by atoms with Gasteiger partial charge in [0, 0.05) is 42.0 Å². The van der Waals surface area contributed by atoms with Crippen LogP contribution in [-0.4, -0.2) is 84.4 Å². The molecule has 4 atom stereocenters. The third-order valence-electron chi connectivity index (χ3n) is 11.4. The predicted molar refractivity (Wildman–Crippen MR) is 219 cm³/mol. The molecule has 0 spiro atoms. The number of amides is 3. The van der Waals surface area contributed by atoms with Crippen molar-refractivity contribution in [3.63, 3.8) is 0 Å². The maximum absolute atomic E-state index is 13.7. The lowest BCUT2D eigenvalue weighted by Crippen LogP contribution is -2.52. The fraction of sp³-hybridized carbons (Fsp3) is 0.524. The Morgan fingerprint density at radius 1 is 1.05 bits per heavy atom. The van der Waals surface area contributed by atoms with Gasteiger partial charge in [0.25, 0.3) is 5.91 Å². The minimum atomic E-state index is -3.70. The zero-order chi connectivity index (χ0) is 41.9. The Bertz CT molecular complexity index is 2130. The molecule has 312 valence electrons. The maximum atomic E-state index is 13.7. The van der Waals surface area contributed by atoms with Gasteiger partial charge in [0.15, 0.2) is 0 Å². The van der Waals surface area contributed by atoms with E-state index in [0.29, 0.717) is 38.8 Å². The number of ether oxygens (including phenoxy) is 3. The maximum Gasteiger partial charge on any atom is 0.408 e. The van der Waals surface area contributed by atoms with E-state index in [2.05, 4.69) is 22.6 Å². The number of nitrogens with one attached hydrogen (secondary N) is 3. The summed E-state index contributed by atoms with van der Waals surface area (Å²) in [5.74, 6) is 0.498. The summed E-state index contributed by atoms with van der Waals surface area (Å²) < 4.78 is 42.5. The highest BCUT2D eigenvalue weighted by Crippen LogP contribution is 2.47. The van der Waals surface area contributed by atoms with Gasteiger partial charge in [-0.3, -0.25) is 19.7 Å². The zero-order valence-corrected chi connectivity index (χ0v) is 34.6. The lowest BCUT2D eigenvalue weighted by atomic mass is 9.97. The van der Waals surface area contributed by atoms with Crippen molar-refractivity contribution in [2.75, 3.05) is 20.2 Å². The molecule has 4 aliphatic rings. The van der Waals surface area contributed by atoms with Gasteiger partial charge in [0.05, 0.1) is 34.9 Å². The van der Waals surface area contributed by atoms with Crippen molar-refractivity contribution < 1.29 is 37.0 Å². The Balaban J connectivity index is 0.000000263. The molecule has 1 aromatic heterocycles. The second-order valence-electron chi connectivity index (χ2n) is 16.8. The molecule has 7 rings (SSSR count). The molecule has 2 unspecified atom stereocenters. The summed E-state index contributed by atoms with van der Waals surface area (Å²) in [6.45, 7) is 11.6. The van der Waals surface area contributed by atoms with Crippen molar-refractivity contribution in [1.29, 1.82) is 0 Å². The van der Waals surface area contributed by atoms with Crippen molar-refractivity contribution >= 4 is 38.8 Å². The van der Waals surface area contributed by atoms with Crippen LogP contribution >= 0.6 is 0 Å². The molecule has 3 saturated carbocycles. The predicted octanol–water partition coefficient (Wildman–Crippen LogP) is 6.17. The van der Waals surface area contributed by atoms with Crippen molar-refractivity contribution in [3.05, 3.63) is 72.2 Å². The fourth-order valence-corrected chi connectivity index (χ4v) is 8.85. The normalized spacial score (nSPS) is 22.7. The first-order chi connectivity index (χ1) is 27.5. The lowest BCUT2D eigenvalue weighted by Gasteiger charge is -2.29. The molecule has 58 heavy (non-hydrogen) atoms. The summed E-state index contributed by atoms with van der Waals surface area (Å²) in [7, 11) is -2.06. The minimum absolute atomic E-state index is 0.0573. The van der Waals surface area contributed by atoms with Gasteiger partial charge in [0.2, 0.25) is 15.9 Å². The SMILES string of the molecule is C=CC1C[C@]1(NN=O)C(=O)NS(=O)(=O)C1(C)CC1.COc1ccc2c(OC3CCN(C(=O)[C@@H](NC(=O)OC(C)(C)C)C4CCCC4)C3)cc(-c3ccccc3)nc2c1. The van der Waals surface area contributed by atoms with Gasteiger partial charge in [-0.1, -0.05) is 49.2 Å². The van der Waals surface area contributed by atoms with Crippen LogP contribution in [0.15, 0.2) is 72.5 Å². The average molecular weight is 819 g/mol. The number of nitroso groups, excluding NO2 is 1. The number of aromatic nitrogens is 1. The second-order valence-corrected chi connectivity index (χ2v) is 19.0. The van der Waals surface area contributed by atoms with Crippen molar-refractivity contribution in [3.8, 4) is 22.8 Å².